The number of pyridine rings is 1. The van der Waals surface area contributed by atoms with Crippen LogP contribution < -0.4 is 11.1 Å². The van der Waals surface area contributed by atoms with Crippen LogP contribution in [-0.4, -0.2) is 71.1 Å². The monoisotopic (exact) mass is 390 g/mol. The standard InChI is InChI=1S/C19H30N6O3/c1-14-5-6-15(22-13-14)23-16(26)7-8-21-17(20)24-9-11-25(12-10-24)18(27)28-19(2,3)4/h5-6,13H,7-12H2,1-4H3,(H2,20,21)(H,22,23,26). The Morgan fingerprint density at radius 1 is 1.21 bits per heavy atom. The maximum Gasteiger partial charge on any atom is 0.410 e. The van der Waals surface area contributed by atoms with E-state index in [1.54, 1.807) is 17.2 Å². The van der Waals surface area contributed by atoms with E-state index in [0.717, 1.165) is 5.56 Å². The van der Waals surface area contributed by atoms with Gasteiger partial charge in [-0.15, -0.1) is 0 Å². The maximum atomic E-state index is 12.1. The molecule has 2 amide bonds. The number of amides is 2. The Hall–Kier alpha value is -2.84. The zero-order valence-corrected chi connectivity index (χ0v) is 17.1. The second-order valence-electron chi connectivity index (χ2n) is 7.71. The number of aliphatic imine (C=N–C) groups is 1. The van der Waals surface area contributed by atoms with Crippen LogP contribution in [0, 0.1) is 6.92 Å². The molecule has 1 aliphatic rings. The average Bonchev–Trinajstić information content (AvgIpc) is 2.62. The van der Waals surface area contributed by atoms with E-state index in [1.807, 2.05) is 38.7 Å². The van der Waals surface area contributed by atoms with Crippen molar-refractivity contribution in [2.24, 2.45) is 10.7 Å². The number of aryl methyl sites for hydroxylation is 1. The van der Waals surface area contributed by atoms with E-state index in [4.69, 9.17) is 10.5 Å². The van der Waals surface area contributed by atoms with Gasteiger partial charge in [0.25, 0.3) is 0 Å². The summed E-state index contributed by atoms with van der Waals surface area (Å²) in [6.45, 7) is 9.95. The van der Waals surface area contributed by atoms with Crippen LogP contribution in [0.15, 0.2) is 23.3 Å². The van der Waals surface area contributed by atoms with Gasteiger partial charge in [-0.1, -0.05) is 6.07 Å². The van der Waals surface area contributed by atoms with Crippen molar-refractivity contribution < 1.29 is 14.3 Å². The van der Waals surface area contributed by atoms with Crippen LogP contribution in [0.3, 0.4) is 0 Å². The lowest BCUT2D eigenvalue weighted by molar-refractivity contribution is -0.116. The minimum atomic E-state index is -0.511. The van der Waals surface area contributed by atoms with Gasteiger partial charge in [0, 0.05) is 38.8 Å². The third-order valence-electron chi connectivity index (χ3n) is 4.05. The smallest absolute Gasteiger partial charge is 0.410 e. The summed E-state index contributed by atoms with van der Waals surface area (Å²) in [6, 6.07) is 3.64. The van der Waals surface area contributed by atoms with E-state index in [0.29, 0.717) is 38.0 Å². The largest absolute Gasteiger partial charge is 0.444 e. The molecule has 3 N–H and O–H groups in total. The van der Waals surface area contributed by atoms with E-state index in [-0.39, 0.29) is 25.0 Å². The highest BCUT2D eigenvalue weighted by Gasteiger charge is 2.26. The molecule has 9 heteroatoms. The quantitative estimate of drug-likeness (QED) is 0.596. The summed E-state index contributed by atoms with van der Waals surface area (Å²) in [5, 5.41) is 2.73. The fraction of sp³-hybridized carbons (Fsp3) is 0.579. The van der Waals surface area contributed by atoms with Gasteiger partial charge in [-0.3, -0.25) is 9.79 Å². The van der Waals surface area contributed by atoms with E-state index < -0.39 is 5.60 Å². The number of hydrogen-bond acceptors (Lipinski definition) is 5. The molecular weight excluding hydrogens is 360 g/mol. The summed E-state index contributed by atoms with van der Waals surface area (Å²) in [6.07, 6.45) is 1.60. The number of nitrogens with two attached hydrogens (primary N) is 1. The van der Waals surface area contributed by atoms with Gasteiger partial charge in [0.15, 0.2) is 5.96 Å². The molecule has 9 nitrogen and oxygen atoms in total. The van der Waals surface area contributed by atoms with Crippen molar-refractivity contribution in [2.45, 2.75) is 39.7 Å². The number of guanidine groups is 1. The predicted octanol–water partition coefficient (Wildman–Crippen LogP) is 1.59. The zero-order chi connectivity index (χ0) is 20.7. The van der Waals surface area contributed by atoms with Crippen molar-refractivity contribution in [1.82, 2.24) is 14.8 Å². The number of carbonyl (C=O) groups excluding carboxylic acids is 2. The first-order valence-corrected chi connectivity index (χ1v) is 9.39. The first-order chi connectivity index (χ1) is 13.1. The fourth-order valence-electron chi connectivity index (χ4n) is 2.56. The number of anilines is 1. The molecule has 0 unspecified atom stereocenters. The minimum absolute atomic E-state index is 0.164. The predicted molar refractivity (Wildman–Crippen MR) is 108 cm³/mol. The van der Waals surface area contributed by atoms with Gasteiger partial charge in [0.05, 0.1) is 6.54 Å². The number of rotatable bonds is 4. The normalized spacial score (nSPS) is 15.4. The van der Waals surface area contributed by atoms with Crippen LogP contribution in [0.5, 0.6) is 0 Å². The minimum Gasteiger partial charge on any atom is -0.444 e. The van der Waals surface area contributed by atoms with Gasteiger partial charge in [-0.25, -0.2) is 9.78 Å². The average molecular weight is 390 g/mol. The Bertz CT molecular complexity index is 703. The van der Waals surface area contributed by atoms with Crippen molar-refractivity contribution in [3.8, 4) is 0 Å². The number of carbonyl (C=O) groups is 2. The third-order valence-corrected chi connectivity index (χ3v) is 4.05. The Kier molecular flexibility index (Phi) is 7.19. The summed E-state index contributed by atoms with van der Waals surface area (Å²) in [5.41, 5.74) is 6.54. The summed E-state index contributed by atoms with van der Waals surface area (Å²) >= 11 is 0. The SMILES string of the molecule is Cc1ccc(NC(=O)CCN=C(N)N2CCN(C(=O)OC(C)(C)C)CC2)nc1. The third kappa shape index (κ3) is 7.05. The highest BCUT2D eigenvalue weighted by molar-refractivity contribution is 5.90. The van der Waals surface area contributed by atoms with Crippen LogP contribution in [0.2, 0.25) is 0 Å². The lowest BCUT2D eigenvalue weighted by atomic mass is 10.2. The highest BCUT2D eigenvalue weighted by atomic mass is 16.6. The molecule has 2 rings (SSSR count). The lowest BCUT2D eigenvalue weighted by Crippen LogP contribution is -2.53. The van der Waals surface area contributed by atoms with Gasteiger partial charge >= 0.3 is 6.09 Å². The molecule has 1 aliphatic heterocycles. The molecule has 0 aliphatic carbocycles. The first kappa shape index (κ1) is 21.5. The van der Waals surface area contributed by atoms with Gasteiger partial charge in [-0.2, -0.15) is 0 Å². The van der Waals surface area contributed by atoms with Gasteiger partial charge in [0.2, 0.25) is 5.91 Å². The van der Waals surface area contributed by atoms with Crippen molar-refractivity contribution in [2.75, 3.05) is 38.0 Å². The Morgan fingerprint density at radius 2 is 1.86 bits per heavy atom. The molecular formula is C19H30N6O3. The summed E-state index contributed by atoms with van der Waals surface area (Å²) in [7, 11) is 0. The van der Waals surface area contributed by atoms with Crippen LogP contribution in [0.25, 0.3) is 0 Å². The molecule has 0 spiro atoms. The van der Waals surface area contributed by atoms with Crippen LogP contribution in [0.1, 0.15) is 32.8 Å². The molecule has 1 fully saturated rings. The van der Waals surface area contributed by atoms with Crippen molar-refractivity contribution in [3.05, 3.63) is 23.9 Å². The molecule has 0 aromatic carbocycles. The molecule has 1 aromatic rings. The summed E-state index contributed by atoms with van der Waals surface area (Å²) in [5.74, 6) is 0.735. The van der Waals surface area contributed by atoms with Crippen molar-refractivity contribution >= 4 is 23.8 Å². The van der Waals surface area contributed by atoms with E-state index in [1.165, 1.54) is 0 Å². The fourth-order valence-corrected chi connectivity index (χ4v) is 2.56. The molecule has 0 atom stereocenters. The van der Waals surface area contributed by atoms with Crippen LogP contribution in [-0.2, 0) is 9.53 Å². The molecule has 0 saturated carbocycles. The number of ether oxygens (including phenoxy) is 1. The molecule has 0 bridgehead atoms. The van der Waals surface area contributed by atoms with Gasteiger partial charge in [0.1, 0.15) is 11.4 Å². The topological polar surface area (TPSA) is 113 Å². The molecule has 0 radical (unpaired) electrons. The van der Waals surface area contributed by atoms with E-state index in [2.05, 4.69) is 15.3 Å². The maximum absolute atomic E-state index is 12.1. The van der Waals surface area contributed by atoms with Crippen molar-refractivity contribution in [1.29, 1.82) is 0 Å². The summed E-state index contributed by atoms with van der Waals surface area (Å²) < 4.78 is 5.38. The van der Waals surface area contributed by atoms with Crippen LogP contribution in [0.4, 0.5) is 10.6 Å². The van der Waals surface area contributed by atoms with E-state index in [9.17, 15) is 9.59 Å². The number of aromatic nitrogens is 1. The Labute approximate surface area is 165 Å². The number of nitrogens with one attached hydrogen (secondary N) is 1. The highest BCUT2D eigenvalue weighted by Crippen LogP contribution is 2.12. The summed E-state index contributed by atoms with van der Waals surface area (Å²) in [4.78, 5) is 36.0. The first-order valence-electron chi connectivity index (χ1n) is 9.39. The molecule has 1 aromatic heterocycles. The van der Waals surface area contributed by atoms with E-state index >= 15 is 0 Å². The van der Waals surface area contributed by atoms with Crippen molar-refractivity contribution in [3.63, 3.8) is 0 Å². The van der Waals surface area contributed by atoms with Crippen LogP contribution >= 0.6 is 0 Å². The molecule has 28 heavy (non-hydrogen) atoms. The Balaban J connectivity index is 1.73. The molecule has 1 saturated heterocycles. The molecule has 154 valence electrons. The zero-order valence-electron chi connectivity index (χ0n) is 17.1. The lowest BCUT2D eigenvalue weighted by Gasteiger charge is -2.36. The number of hydrogen-bond donors (Lipinski definition) is 2. The van der Waals surface area contributed by atoms with Gasteiger partial charge in [-0.05, 0) is 39.3 Å². The number of piperazine rings is 1. The Morgan fingerprint density at radius 3 is 2.43 bits per heavy atom. The molecule has 2 heterocycles. The second-order valence-corrected chi connectivity index (χ2v) is 7.71. The second kappa shape index (κ2) is 9.38. The number of nitrogens with zero attached hydrogens (tertiary/aromatic N) is 4. The van der Waals surface area contributed by atoms with Gasteiger partial charge < -0.3 is 25.6 Å².